The number of thiophene rings is 1. The second-order valence-corrected chi connectivity index (χ2v) is 5.75. The lowest BCUT2D eigenvalue weighted by molar-refractivity contribution is -0.126. The molecule has 2 rings (SSSR count). The first-order chi connectivity index (χ1) is 10.1. The molecule has 0 saturated carbocycles. The minimum Gasteiger partial charge on any atom is -0.386 e. The molecule has 1 atom stereocenters. The Hall–Kier alpha value is -1.92. The topological polar surface area (TPSA) is 78.4 Å². The highest BCUT2D eigenvalue weighted by atomic mass is 32.1. The van der Waals surface area contributed by atoms with Crippen LogP contribution in [-0.2, 0) is 9.59 Å². The van der Waals surface area contributed by atoms with Crippen molar-refractivity contribution in [1.29, 1.82) is 0 Å². The van der Waals surface area contributed by atoms with Gasteiger partial charge in [-0.05, 0) is 17.5 Å². The number of hydrogen-bond acceptors (Lipinski definition) is 4. The van der Waals surface area contributed by atoms with E-state index in [4.69, 9.17) is 0 Å². The van der Waals surface area contributed by atoms with Crippen molar-refractivity contribution in [2.45, 2.75) is 19.4 Å². The van der Waals surface area contributed by atoms with Gasteiger partial charge in [0.15, 0.2) is 0 Å². The fourth-order valence-electron chi connectivity index (χ4n) is 1.84. The molecule has 1 aromatic carbocycles. The summed E-state index contributed by atoms with van der Waals surface area (Å²) in [6.45, 7) is 1.79. The van der Waals surface area contributed by atoms with Gasteiger partial charge in [0.25, 0.3) is 0 Å². The molecule has 6 heteroatoms. The molecule has 1 heterocycles. The molecule has 0 bridgehead atoms. The summed E-state index contributed by atoms with van der Waals surface area (Å²) in [7, 11) is 0. The van der Waals surface area contributed by atoms with Gasteiger partial charge in [-0.15, -0.1) is 11.3 Å². The van der Waals surface area contributed by atoms with Gasteiger partial charge < -0.3 is 15.7 Å². The third-order valence-corrected chi connectivity index (χ3v) is 4.25. The van der Waals surface area contributed by atoms with Gasteiger partial charge in [0.2, 0.25) is 11.8 Å². The molecule has 0 aliphatic rings. The predicted octanol–water partition coefficient (Wildman–Crippen LogP) is 1.58. The number of carbonyl (C=O) groups is 2. The Morgan fingerprint density at radius 3 is 2.71 bits per heavy atom. The van der Waals surface area contributed by atoms with E-state index in [9.17, 15) is 14.7 Å². The molecule has 0 saturated heterocycles. The highest BCUT2D eigenvalue weighted by molar-refractivity contribution is 7.19. The lowest BCUT2D eigenvalue weighted by Gasteiger charge is -2.10. The van der Waals surface area contributed by atoms with Gasteiger partial charge in [0.1, 0.15) is 6.10 Å². The van der Waals surface area contributed by atoms with Crippen molar-refractivity contribution in [2.24, 2.45) is 0 Å². The first-order valence-corrected chi connectivity index (χ1v) is 7.61. The Labute approximate surface area is 127 Å². The maximum atomic E-state index is 11.5. The molecule has 2 amide bonds. The minimum absolute atomic E-state index is 0.0637. The number of fused-ring (bicyclic) bond motifs is 1. The first kappa shape index (κ1) is 15.5. The molecule has 112 valence electrons. The molecule has 0 radical (unpaired) electrons. The first-order valence-electron chi connectivity index (χ1n) is 6.80. The summed E-state index contributed by atoms with van der Waals surface area (Å²) >= 11 is 1.51. The molecule has 3 N–H and O–H groups in total. The Balaban J connectivity index is 1.85. The van der Waals surface area contributed by atoms with Crippen molar-refractivity contribution < 1.29 is 14.7 Å². The number of amides is 2. The molecule has 0 aliphatic carbocycles. The van der Waals surface area contributed by atoms with Crippen LogP contribution in [-0.4, -0.2) is 30.0 Å². The van der Waals surface area contributed by atoms with E-state index >= 15 is 0 Å². The van der Waals surface area contributed by atoms with Gasteiger partial charge >= 0.3 is 0 Å². The van der Waals surface area contributed by atoms with Crippen LogP contribution in [0.1, 0.15) is 24.3 Å². The highest BCUT2D eigenvalue weighted by Crippen LogP contribution is 2.29. The molecule has 21 heavy (non-hydrogen) atoms. The standard InChI is InChI=1S/C15H18N2O3S/c1-2-14(19)17-9-15(20)16-8-11(18)13-7-10-5-3-4-6-12(10)21-13/h3-7,11,18H,2,8-9H2,1H3,(H,16,20)(H,17,19). The predicted molar refractivity (Wildman–Crippen MR) is 83.1 cm³/mol. The molecule has 1 unspecified atom stereocenters. The van der Waals surface area contributed by atoms with E-state index in [1.807, 2.05) is 30.3 Å². The molecular weight excluding hydrogens is 288 g/mol. The maximum absolute atomic E-state index is 11.5. The van der Waals surface area contributed by atoms with Crippen LogP contribution >= 0.6 is 11.3 Å². The normalized spacial score (nSPS) is 12.1. The molecule has 5 nitrogen and oxygen atoms in total. The average molecular weight is 306 g/mol. The van der Waals surface area contributed by atoms with Crippen LogP contribution in [0.3, 0.4) is 0 Å². The van der Waals surface area contributed by atoms with Crippen LogP contribution < -0.4 is 10.6 Å². The minimum atomic E-state index is -0.742. The Bertz CT molecular complexity index is 606. The second kappa shape index (κ2) is 7.19. The molecule has 1 aromatic heterocycles. The van der Waals surface area contributed by atoms with E-state index in [2.05, 4.69) is 10.6 Å². The zero-order valence-electron chi connectivity index (χ0n) is 11.8. The van der Waals surface area contributed by atoms with Crippen LogP contribution in [0.5, 0.6) is 0 Å². The third-order valence-electron chi connectivity index (χ3n) is 3.03. The molecule has 0 fully saturated rings. The average Bonchev–Trinajstić information content (AvgIpc) is 2.94. The van der Waals surface area contributed by atoms with Gasteiger partial charge in [-0.25, -0.2) is 0 Å². The fraction of sp³-hybridized carbons (Fsp3) is 0.333. The van der Waals surface area contributed by atoms with Crippen LogP contribution in [0, 0.1) is 0 Å². The summed E-state index contributed by atoms with van der Waals surface area (Å²) in [6, 6.07) is 9.81. The van der Waals surface area contributed by atoms with E-state index in [1.165, 1.54) is 11.3 Å². The number of rotatable bonds is 6. The molecule has 0 spiro atoms. The SMILES string of the molecule is CCC(=O)NCC(=O)NCC(O)c1cc2ccccc2s1. The van der Waals surface area contributed by atoms with E-state index < -0.39 is 6.10 Å². The summed E-state index contributed by atoms with van der Waals surface area (Å²) in [6.07, 6.45) is -0.397. The number of benzene rings is 1. The lowest BCUT2D eigenvalue weighted by Crippen LogP contribution is -2.38. The third kappa shape index (κ3) is 4.27. The smallest absolute Gasteiger partial charge is 0.239 e. The van der Waals surface area contributed by atoms with Gasteiger partial charge in [0.05, 0.1) is 6.54 Å². The van der Waals surface area contributed by atoms with Gasteiger partial charge in [0, 0.05) is 22.5 Å². The summed E-state index contributed by atoms with van der Waals surface area (Å²) < 4.78 is 1.10. The van der Waals surface area contributed by atoms with Gasteiger partial charge in [-0.3, -0.25) is 9.59 Å². The number of hydrogen-bond donors (Lipinski definition) is 3. The van der Waals surface area contributed by atoms with Crippen molar-refractivity contribution in [3.8, 4) is 0 Å². The summed E-state index contributed by atoms with van der Waals surface area (Å²) in [5, 5.41) is 16.3. The van der Waals surface area contributed by atoms with Crippen molar-refractivity contribution in [2.75, 3.05) is 13.1 Å². The van der Waals surface area contributed by atoms with Crippen LogP contribution in [0.25, 0.3) is 10.1 Å². The van der Waals surface area contributed by atoms with Crippen molar-refractivity contribution in [1.82, 2.24) is 10.6 Å². The molecular formula is C15H18N2O3S. The Morgan fingerprint density at radius 1 is 1.24 bits per heavy atom. The quantitative estimate of drug-likeness (QED) is 0.758. The Morgan fingerprint density at radius 2 is 2.00 bits per heavy atom. The number of aliphatic hydroxyl groups is 1. The van der Waals surface area contributed by atoms with Crippen LogP contribution in [0.15, 0.2) is 30.3 Å². The zero-order chi connectivity index (χ0) is 15.2. The summed E-state index contributed by atoms with van der Waals surface area (Å²) in [5.74, 6) is -0.479. The second-order valence-electron chi connectivity index (χ2n) is 4.64. The van der Waals surface area contributed by atoms with Crippen LogP contribution in [0.4, 0.5) is 0 Å². The monoisotopic (exact) mass is 306 g/mol. The van der Waals surface area contributed by atoms with E-state index in [1.54, 1.807) is 6.92 Å². The van der Waals surface area contributed by atoms with E-state index in [-0.39, 0.29) is 24.9 Å². The Kier molecular flexibility index (Phi) is 5.30. The van der Waals surface area contributed by atoms with Gasteiger partial charge in [-0.2, -0.15) is 0 Å². The lowest BCUT2D eigenvalue weighted by atomic mass is 10.2. The zero-order valence-corrected chi connectivity index (χ0v) is 12.6. The largest absolute Gasteiger partial charge is 0.386 e. The number of carbonyl (C=O) groups excluding carboxylic acids is 2. The van der Waals surface area contributed by atoms with Crippen molar-refractivity contribution >= 4 is 33.2 Å². The van der Waals surface area contributed by atoms with Crippen molar-refractivity contribution in [3.05, 3.63) is 35.2 Å². The summed E-state index contributed by atoms with van der Waals surface area (Å²) in [5.41, 5.74) is 0. The summed E-state index contributed by atoms with van der Waals surface area (Å²) in [4.78, 5) is 23.4. The van der Waals surface area contributed by atoms with Crippen LogP contribution in [0.2, 0.25) is 0 Å². The molecule has 2 aromatic rings. The number of nitrogens with one attached hydrogen (secondary N) is 2. The highest BCUT2D eigenvalue weighted by Gasteiger charge is 2.13. The van der Waals surface area contributed by atoms with Crippen molar-refractivity contribution in [3.63, 3.8) is 0 Å². The fourth-order valence-corrected chi connectivity index (χ4v) is 2.89. The van der Waals surface area contributed by atoms with E-state index in [0.717, 1.165) is 15.0 Å². The van der Waals surface area contributed by atoms with Gasteiger partial charge in [-0.1, -0.05) is 25.1 Å². The maximum Gasteiger partial charge on any atom is 0.239 e. The molecule has 0 aliphatic heterocycles. The van der Waals surface area contributed by atoms with E-state index in [0.29, 0.717) is 6.42 Å². The number of aliphatic hydroxyl groups excluding tert-OH is 1.